The Balaban J connectivity index is 2.16. The lowest BCUT2D eigenvalue weighted by molar-refractivity contribution is 0.0892. The van der Waals surface area contributed by atoms with Crippen LogP contribution in [0.4, 0.5) is 10.1 Å². The third-order valence-corrected chi connectivity index (χ3v) is 3.96. The smallest absolute Gasteiger partial charge is 0.146 e. The average Bonchev–Trinajstić information content (AvgIpc) is 2.46. The summed E-state index contributed by atoms with van der Waals surface area (Å²) >= 11 is 0. The van der Waals surface area contributed by atoms with Gasteiger partial charge in [-0.05, 0) is 44.5 Å². The summed E-state index contributed by atoms with van der Waals surface area (Å²) < 4.78 is 19.6. The summed E-state index contributed by atoms with van der Waals surface area (Å²) in [5, 5.41) is 3.12. The second kappa shape index (κ2) is 6.35. The molecule has 2 atom stereocenters. The van der Waals surface area contributed by atoms with Crippen molar-refractivity contribution in [2.75, 3.05) is 32.1 Å². The fraction of sp³-hybridized carbons (Fsp3) is 0.600. The number of anilines is 1. The number of benzene rings is 1. The predicted octanol–water partition coefficient (Wildman–Crippen LogP) is 2.72. The number of hydrogen-bond acceptors (Lipinski definition) is 3. The molecule has 0 radical (unpaired) electrons. The first-order valence-corrected chi connectivity index (χ1v) is 6.90. The Morgan fingerprint density at radius 2 is 2.26 bits per heavy atom. The van der Waals surface area contributed by atoms with E-state index in [1.54, 1.807) is 13.2 Å². The summed E-state index contributed by atoms with van der Waals surface area (Å²) in [5.74, 6) is -0.142. The van der Waals surface area contributed by atoms with Crippen LogP contribution in [-0.2, 0) is 4.74 Å². The molecular weight excluding hydrogens is 243 g/mol. The molecule has 1 N–H and O–H groups in total. The lowest BCUT2D eigenvalue weighted by atomic mass is 10.0. The molecule has 0 amide bonds. The molecule has 2 rings (SSSR count). The highest BCUT2D eigenvalue weighted by molar-refractivity contribution is 5.50. The van der Waals surface area contributed by atoms with Crippen molar-refractivity contribution in [3.63, 3.8) is 0 Å². The molecule has 0 aliphatic carbocycles. The van der Waals surface area contributed by atoms with Crippen LogP contribution in [0.25, 0.3) is 0 Å². The van der Waals surface area contributed by atoms with E-state index in [2.05, 4.69) is 10.2 Å². The zero-order valence-electron chi connectivity index (χ0n) is 11.9. The van der Waals surface area contributed by atoms with Gasteiger partial charge in [-0.2, -0.15) is 0 Å². The Morgan fingerprint density at radius 1 is 1.47 bits per heavy atom. The van der Waals surface area contributed by atoms with Gasteiger partial charge < -0.3 is 15.0 Å². The van der Waals surface area contributed by atoms with E-state index in [4.69, 9.17) is 4.74 Å². The van der Waals surface area contributed by atoms with Gasteiger partial charge in [0.2, 0.25) is 0 Å². The van der Waals surface area contributed by atoms with Crippen molar-refractivity contribution in [1.29, 1.82) is 0 Å². The number of rotatable bonds is 4. The summed E-state index contributed by atoms with van der Waals surface area (Å²) in [6, 6.07) is 5.68. The van der Waals surface area contributed by atoms with Crippen LogP contribution in [0.15, 0.2) is 18.2 Å². The second-order valence-electron chi connectivity index (χ2n) is 5.17. The van der Waals surface area contributed by atoms with Crippen LogP contribution in [0.3, 0.4) is 0 Å². The van der Waals surface area contributed by atoms with Gasteiger partial charge in [0.1, 0.15) is 5.82 Å². The van der Waals surface area contributed by atoms with Gasteiger partial charge in [0.15, 0.2) is 0 Å². The minimum atomic E-state index is -0.142. The molecule has 1 saturated heterocycles. The minimum absolute atomic E-state index is 0.142. The normalized spacial score (nSPS) is 21.5. The monoisotopic (exact) mass is 266 g/mol. The molecule has 0 spiro atoms. The molecule has 106 valence electrons. The highest BCUT2D eigenvalue weighted by atomic mass is 19.1. The maximum absolute atomic E-state index is 14.3. The molecule has 1 aliphatic heterocycles. The van der Waals surface area contributed by atoms with Gasteiger partial charge in [-0.25, -0.2) is 4.39 Å². The quantitative estimate of drug-likeness (QED) is 0.907. The van der Waals surface area contributed by atoms with Gasteiger partial charge in [-0.1, -0.05) is 6.07 Å². The highest BCUT2D eigenvalue weighted by Crippen LogP contribution is 2.26. The largest absolute Gasteiger partial charge is 0.380 e. The third kappa shape index (κ3) is 3.25. The Bertz CT molecular complexity index is 425. The second-order valence-corrected chi connectivity index (χ2v) is 5.17. The summed E-state index contributed by atoms with van der Waals surface area (Å²) in [4.78, 5) is 2.08. The Hall–Kier alpha value is -1.13. The number of nitrogens with zero attached hydrogens (tertiary/aromatic N) is 1. The Morgan fingerprint density at radius 3 is 2.89 bits per heavy atom. The summed E-state index contributed by atoms with van der Waals surface area (Å²) in [5.41, 5.74) is 1.66. The zero-order chi connectivity index (χ0) is 13.8. The van der Waals surface area contributed by atoms with E-state index in [0.29, 0.717) is 5.69 Å². The fourth-order valence-corrected chi connectivity index (χ4v) is 2.57. The van der Waals surface area contributed by atoms with Crippen LogP contribution in [0, 0.1) is 5.82 Å². The first kappa shape index (κ1) is 14.3. The van der Waals surface area contributed by atoms with Crippen molar-refractivity contribution in [1.82, 2.24) is 5.32 Å². The van der Waals surface area contributed by atoms with Gasteiger partial charge in [0, 0.05) is 26.2 Å². The van der Waals surface area contributed by atoms with E-state index in [1.165, 1.54) is 0 Å². The lowest BCUT2D eigenvalue weighted by Gasteiger charge is -2.34. The van der Waals surface area contributed by atoms with Crippen LogP contribution >= 0.6 is 0 Å². The van der Waals surface area contributed by atoms with E-state index >= 15 is 0 Å². The number of halogens is 1. The van der Waals surface area contributed by atoms with Crippen molar-refractivity contribution in [3.05, 3.63) is 29.6 Å². The first-order valence-electron chi connectivity index (χ1n) is 6.90. The number of piperidine rings is 1. The molecule has 3 nitrogen and oxygen atoms in total. The molecule has 1 aliphatic rings. The van der Waals surface area contributed by atoms with Gasteiger partial charge >= 0.3 is 0 Å². The molecule has 19 heavy (non-hydrogen) atoms. The molecule has 0 bridgehead atoms. The summed E-state index contributed by atoms with van der Waals surface area (Å²) in [6.07, 6.45) is 2.32. The van der Waals surface area contributed by atoms with Crippen molar-refractivity contribution in [2.24, 2.45) is 0 Å². The Kier molecular flexibility index (Phi) is 4.77. The van der Waals surface area contributed by atoms with E-state index in [1.807, 2.05) is 26.1 Å². The molecule has 0 aromatic heterocycles. The van der Waals surface area contributed by atoms with Crippen LogP contribution in [-0.4, -0.2) is 33.4 Å². The van der Waals surface area contributed by atoms with E-state index < -0.39 is 0 Å². The molecule has 1 heterocycles. The van der Waals surface area contributed by atoms with Gasteiger partial charge in [0.25, 0.3) is 0 Å². The summed E-state index contributed by atoms with van der Waals surface area (Å²) in [6.45, 7) is 3.70. The molecule has 1 aromatic rings. The van der Waals surface area contributed by atoms with Crippen molar-refractivity contribution < 1.29 is 9.13 Å². The predicted molar refractivity (Wildman–Crippen MR) is 76.1 cm³/mol. The van der Waals surface area contributed by atoms with Crippen molar-refractivity contribution in [2.45, 2.75) is 31.9 Å². The molecule has 1 aromatic carbocycles. The highest BCUT2D eigenvalue weighted by Gasteiger charge is 2.22. The van der Waals surface area contributed by atoms with Crippen LogP contribution in [0.1, 0.15) is 31.4 Å². The lowest BCUT2D eigenvalue weighted by Crippen LogP contribution is -2.39. The fourth-order valence-electron chi connectivity index (χ4n) is 2.57. The number of ether oxygens (including phenoxy) is 1. The van der Waals surface area contributed by atoms with Crippen molar-refractivity contribution in [3.8, 4) is 0 Å². The molecular formula is C15H23FN2O. The van der Waals surface area contributed by atoms with Crippen LogP contribution in [0.2, 0.25) is 0 Å². The molecule has 2 unspecified atom stereocenters. The molecule has 0 saturated carbocycles. The summed E-state index contributed by atoms with van der Waals surface area (Å²) in [7, 11) is 3.60. The molecule has 1 fully saturated rings. The zero-order valence-corrected chi connectivity index (χ0v) is 11.9. The average molecular weight is 266 g/mol. The Labute approximate surface area is 114 Å². The van der Waals surface area contributed by atoms with E-state index in [9.17, 15) is 4.39 Å². The van der Waals surface area contributed by atoms with Crippen molar-refractivity contribution >= 4 is 5.69 Å². The van der Waals surface area contributed by atoms with Gasteiger partial charge in [-0.15, -0.1) is 0 Å². The molecule has 4 heteroatoms. The number of hydrogen-bond donors (Lipinski definition) is 1. The first-order chi connectivity index (χ1) is 9.15. The third-order valence-electron chi connectivity index (χ3n) is 3.96. The van der Waals surface area contributed by atoms with Gasteiger partial charge in [0.05, 0.1) is 11.8 Å². The van der Waals surface area contributed by atoms with E-state index in [-0.39, 0.29) is 18.0 Å². The maximum Gasteiger partial charge on any atom is 0.146 e. The standard InChI is InChI=1S/C15H23FN2O/c1-11(17-2)12-6-7-15(14(16)9-12)18-8-4-5-13(10-18)19-3/h6-7,9,11,13,17H,4-5,8,10H2,1-3H3. The maximum atomic E-state index is 14.3. The van der Waals surface area contributed by atoms with Crippen LogP contribution in [0.5, 0.6) is 0 Å². The SMILES string of the molecule is CNC(C)c1ccc(N2CCCC(OC)C2)c(F)c1. The van der Waals surface area contributed by atoms with E-state index in [0.717, 1.165) is 31.5 Å². The van der Waals surface area contributed by atoms with Gasteiger partial charge in [-0.3, -0.25) is 0 Å². The minimum Gasteiger partial charge on any atom is -0.380 e. The topological polar surface area (TPSA) is 24.5 Å². The number of methoxy groups -OCH3 is 1. The van der Waals surface area contributed by atoms with Crippen LogP contribution < -0.4 is 10.2 Å². The number of nitrogens with one attached hydrogen (secondary N) is 1.